The molecule has 1 amide bonds. The lowest BCUT2D eigenvalue weighted by atomic mass is 9.92. The van der Waals surface area contributed by atoms with E-state index in [1.807, 2.05) is 26.0 Å². The van der Waals surface area contributed by atoms with E-state index in [1.54, 1.807) is 19.1 Å². The van der Waals surface area contributed by atoms with Gasteiger partial charge in [-0.2, -0.15) is 0 Å². The third kappa shape index (κ3) is 3.72. The maximum absolute atomic E-state index is 11.9. The van der Waals surface area contributed by atoms with Crippen LogP contribution in [0.2, 0.25) is 0 Å². The van der Waals surface area contributed by atoms with Crippen molar-refractivity contribution in [1.82, 2.24) is 15.2 Å². The van der Waals surface area contributed by atoms with Crippen LogP contribution in [0.25, 0.3) is 27.5 Å². The predicted octanol–water partition coefficient (Wildman–Crippen LogP) is 4.88. The maximum atomic E-state index is 11.9. The lowest BCUT2D eigenvalue weighted by Gasteiger charge is -2.14. The molecule has 1 aliphatic heterocycles. The molecular formula is C25H25N3O6. The Morgan fingerprint density at radius 3 is 2.00 bits per heavy atom. The van der Waals surface area contributed by atoms with E-state index < -0.39 is 0 Å². The fraction of sp³-hybridized carbons (Fsp3) is 0.320. The number of amides is 1. The number of carbonyl (C=O) groups is 1. The van der Waals surface area contributed by atoms with Crippen LogP contribution >= 0.6 is 0 Å². The van der Waals surface area contributed by atoms with Crippen molar-refractivity contribution < 1.29 is 28.1 Å². The Kier molecular flexibility index (Phi) is 5.61. The molecule has 34 heavy (non-hydrogen) atoms. The SMILES string of the molecule is COc1noc2c(C)cc(C(=CCCN3CCOC3=O)c3cc(C)c4onc(OC)c4c3)cc12. The Bertz CT molecular complexity index is 1330. The summed E-state index contributed by atoms with van der Waals surface area (Å²) in [6.07, 6.45) is 2.51. The number of hydrogen-bond donors (Lipinski definition) is 0. The van der Waals surface area contributed by atoms with Crippen LogP contribution in [-0.2, 0) is 4.74 Å². The zero-order chi connectivity index (χ0) is 23.8. The molecule has 0 bridgehead atoms. The van der Waals surface area contributed by atoms with Crippen LogP contribution in [0.1, 0.15) is 28.7 Å². The van der Waals surface area contributed by atoms with Gasteiger partial charge < -0.3 is 28.2 Å². The van der Waals surface area contributed by atoms with Crippen LogP contribution in [0.4, 0.5) is 4.79 Å². The summed E-state index contributed by atoms with van der Waals surface area (Å²) in [6.45, 7) is 5.56. The number of hydrogen-bond acceptors (Lipinski definition) is 8. The molecule has 1 fully saturated rings. The minimum atomic E-state index is -0.270. The van der Waals surface area contributed by atoms with E-state index in [2.05, 4.69) is 28.5 Å². The summed E-state index contributed by atoms with van der Waals surface area (Å²) >= 11 is 0. The smallest absolute Gasteiger partial charge is 0.409 e. The monoisotopic (exact) mass is 463 g/mol. The van der Waals surface area contributed by atoms with E-state index in [4.69, 9.17) is 23.3 Å². The number of cyclic esters (lactones) is 1. The summed E-state index contributed by atoms with van der Waals surface area (Å²) in [5.41, 5.74) is 6.21. The molecule has 3 heterocycles. The fourth-order valence-corrected chi connectivity index (χ4v) is 4.38. The largest absolute Gasteiger partial charge is 0.478 e. The van der Waals surface area contributed by atoms with Crippen molar-refractivity contribution in [2.45, 2.75) is 20.3 Å². The lowest BCUT2D eigenvalue weighted by molar-refractivity contribution is 0.159. The van der Waals surface area contributed by atoms with Gasteiger partial charge in [0.1, 0.15) is 6.61 Å². The average molecular weight is 463 g/mol. The highest BCUT2D eigenvalue weighted by atomic mass is 16.6. The van der Waals surface area contributed by atoms with Crippen molar-refractivity contribution in [2.24, 2.45) is 0 Å². The Hall–Kier alpha value is -4.01. The van der Waals surface area contributed by atoms with Crippen LogP contribution in [0.5, 0.6) is 11.8 Å². The minimum absolute atomic E-state index is 0.270. The second kappa shape index (κ2) is 8.74. The first kappa shape index (κ1) is 21.8. The summed E-state index contributed by atoms with van der Waals surface area (Å²) < 4.78 is 26.8. The van der Waals surface area contributed by atoms with Crippen molar-refractivity contribution in [3.8, 4) is 11.8 Å². The number of nitrogens with zero attached hydrogens (tertiary/aromatic N) is 3. The summed E-state index contributed by atoms with van der Waals surface area (Å²) in [5, 5.41) is 9.65. The van der Waals surface area contributed by atoms with Gasteiger partial charge in [0, 0.05) is 6.54 Å². The second-order valence-electron chi connectivity index (χ2n) is 8.23. The lowest BCUT2D eigenvalue weighted by Crippen LogP contribution is -2.24. The molecule has 0 aliphatic carbocycles. The van der Waals surface area contributed by atoms with Gasteiger partial charge >= 0.3 is 6.09 Å². The molecule has 1 saturated heterocycles. The van der Waals surface area contributed by atoms with E-state index in [0.29, 0.717) is 49.0 Å². The molecule has 2 aromatic carbocycles. The van der Waals surface area contributed by atoms with Gasteiger partial charge in [-0.15, -0.1) is 0 Å². The first-order valence-corrected chi connectivity index (χ1v) is 11.0. The Morgan fingerprint density at radius 1 is 0.971 bits per heavy atom. The molecule has 0 radical (unpaired) electrons. The predicted molar refractivity (Wildman–Crippen MR) is 125 cm³/mol. The Morgan fingerprint density at radius 2 is 1.53 bits per heavy atom. The highest BCUT2D eigenvalue weighted by molar-refractivity contribution is 5.94. The zero-order valence-corrected chi connectivity index (χ0v) is 19.5. The van der Waals surface area contributed by atoms with E-state index in [-0.39, 0.29) is 6.09 Å². The second-order valence-corrected chi connectivity index (χ2v) is 8.23. The van der Waals surface area contributed by atoms with Crippen LogP contribution in [0.3, 0.4) is 0 Å². The van der Waals surface area contributed by atoms with Crippen molar-refractivity contribution in [2.75, 3.05) is 33.9 Å². The number of rotatable bonds is 7. The van der Waals surface area contributed by atoms with E-state index in [9.17, 15) is 4.79 Å². The molecule has 0 atom stereocenters. The van der Waals surface area contributed by atoms with E-state index >= 15 is 0 Å². The summed E-state index contributed by atoms with van der Waals surface area (Å²) in [7, 11) is 3.14. The molecule has 0 unspecified atom stereocenters. The molecule has 4 aromatic rings. The average Bonchev–Trinajstić information content (AvgIpc) is 3.55. The van der Waals surface area contributed by atoms with Gasteiger partial charge in [-0.05, 0) is 82.7 Å². The van der Waals surface area contributed by atoms with Crippen molar-refractivity contribution in [1.29, 1.82) is 0 Å². The summed E-state index contributed by atoms with van der Waals surface area (Å²) in [4.78, 5) is 13.6. The van der Waals surface area contributed by atoms with Gasteiger partial charge in [0.25, 0.3) is 11.8 Å². The number of aromatic nitrogens is 2. The number of benzene rings is 2. The third-order valence-electron chi connectivity index (χ3n) is 6.05. The zero-order valence-electron chi connectivity index (χ0n) is 19.5. The number of methoxy groups -OCH3 is 2. The Balaban J connectivity index is 1.63. The van der Waals surface area contributed by atoms with Crippen LogP contribution < -0.4 is 9.47 Å². The molecule has 9 nitrogen and oxygen atoms in total. The molecule has 5 rings (SSSR count). The Labute approximate surface area is 195 Å². The third-order valence-corrected chi connectivity index (χ3v) is 6.05. The van der Waals surface area contributed by atoms with Crippen molar-refractivity contribution in [3.63, 3.8) is 0 Å². The van der Waals surface area contributed by atoms with Gasteiger partial charge in [-0.1, -0.05) is 6.08 Å². The molecule has 0 spiro atoms. The number of carbonyl (C=O) groups excluding carboxylic acids is 1. The van der Waals surface area contributed by atoms with Crippen LogP contribution in [0, 0.1) is 13.8 Å². The first-order valence-electron chi connectivity index (χ1n) is 11.0. The van der Waals surface area contributed by atoms with Crippen molar-refractivity contribution >= 4 is 33.6 Å². The van der Waals surface area contributed by atoms with Gasteiger partial charge in [-0.3, -0.25) is 0 Å². The number of ether oxygens (including phenoxy) is 3. The highest BCUT2D eigenvalue weighted by Crippen LogP contribution is 2.36. The summed E-state index contributed by atoms with van der Waals surface area (Å²) in [5.74, 6) is 0.873. The van der Waals surface area contributed by atoms with Gasteiger partial charge in [0.15, 0.2) is 11.2 Å². The highest BCUT2D eigenvalue weighted by Gasteiger charge is 2.22. The molecule has 9 heteroatoms. The normalized spacial score (nSPS) is 13.5. The molecular weight excluding hydrogens is 438 g/mol. The standard InChI is InChI=1S/C25H25N3O6/c1-14-10-16(12-19-21(14)33-26-23(19)30-3)18(6-5-7-28-8-9-32-25(28)29)17-11-15(2)22-20(13-17)24(31-4)27-34-22/h6,10-13H,5,7-9H2,1-4H3. The quantitative estimate of drug-likeness (QED) is 0.382. The molecule has 176 valence electrons. The molecule has 2 aromatic heterocycles. The molecule has 1 aliphatic rings. The van der Waals surface area contributed by atoms with E-state index in [0.717, 1.165) is 38.6 Å². The van der Waals surface area contributed by atoms with Crippen LogP contribution in [0.15, 0.2) is 39.4 Å². The molecule has 0 saturated carbocycles. The topological polar surface area (TPSA) is 100 Å². The maximum Gasteiger partial charge on any atom is 0.409 e. The number of aryl methyl sites for hydroxylation is 2. The minimum Gasteiger partial charge on any atom is -0.478 e. The van der Waals surface area contributed by atoms with Gasteiger partial charge in [0.05, 0.1) is 31.5 Å². The number of fused-ring (bicyclic) bond motifs is 2. The summed E-state index contributed by atoms with van der Waals surface area (Å²) in [6, 6.07) is 8.15. The first-order chi connectivity index (χ1) is 16.5. The van der Waals surface area contributed by atoms with Crippen molar-refractivity contribution in [3.05, 3.63) is 52.6 Å². The van der Waals surface area contributed by atoms with Gasteiger partial charge in [0.2, 0.25) is 0 Å². The van der Waals surface area contributed by atoms with Crippen LogP contribution in [-0.4, -0.2) is 55.2 Å². The molecule has 0 N–H and O–H groups in total. The fourth-order valence-electron chi connectivity index (χ4n) is 4.38. The van der Waals surface area contributed by atoms with E-state index in [1.165, 1.54) is 0 Å². The van der Waals surface area contributed by atoms with Gasteiger partial charge in [-0.25, -0.2) is 4.79 Å².